The lowest BCUT2D eigenvalue weighted by atomic mass is 9.89. The maximum Gasteiger partial charge on any atom is 0.335 e. The van der Waals surface area contributed by atoms with Crippen molar-refractivity contribution in [3.05, 3.63) is 119 Å². The topological polar surface area (TPSA) is 93.1 Å². The molecule has 0 saturated heterocycles. The van der Waals surface area contributed by atoms with Crippen LogP contribution in [0, 0.1) is 0 Å². The quantitative estimate of drug-likeness (QED) is 0.270. The van der Waals surface area contributed by atoms with E-state index in [4.69, 9.17) is 19.7 Å². The predicted octanol–water partition coefficient (Wildman–Crippen LogP) is 7.21. The minimum atomic E-state index is -0.972. The Kier molecular flexibility index (Phi) is 7.12. The number of benzene rings is 4. The van der Waals surface area contributed by atoms with E-state index in [2.05, 4.69) is 6.92 Å². The molecule has 0 bridgehead atoms. The molecule has 6 heteroatoms. The Hall–Kier alpha value is -4.58. The fraction of sp³-hybridized carbons (Fsp3) is 0.103. The van der Waals surface area contributed by atoms with Crippen LogP contribution in [0.3, 0.4) is 0 Å². The van der Waals surface area contributed by atoms with E-state index in [0.717, 1.165) is 17.5 Å². The smallest absolute Gasteiger partial charge is 0.335 e. The molecule has 0 amide bonds. The van der Waals surface area contributed by atoms with Crippen molar-refractivity contribution in [2.45, 2.75) is 19.3 Å². The summed E-state index contributed by atoms with van der Waals surface area (Å²) < 4.78 is 11.7. The summed E-state index contributed by atoms with van der Waals surface area (Å²) in [7, 11) is 0. The number of aromatic carboxylic acids is 2. The molecule has 0 aliphatic heterocycles. The van der Waals surface area contributed by atoms with Gasteiger partial charge in [-0.1, -0.05) is 31.2 Å². The summed E-state index contributed by atoms with van der Waals surface area (Å²) in [4.78, 5) is 22.0. The summed E-state index contributed by atoms with van der Waals surface area (Å²) in [5.74, 6) is 0.739. The van der Waals surface area contributed by atoms with E-state index in [-0.39, 0.29) is 17.0 Å². The zero-order valence-corrected chi connectivity index (χ0v) is 19.0. The first-order valence-electron chi connectivity index (χ1n) is 11.2. The van der Waals surface area contributed by atoms with Crippen LogP contribution in [0.1, 0.15) is 51.1 Å². The molecular formula is C29H24O6. The highest BCUT2D eigenvalue weighted by atomic mass is 16.5. The molecule has 35 heavy (non-hydrogen) atoms. The molecular weight excluding hydrogens is 444 g/mol. The van der Waals surface area contributed by atoms with E-state index >= 15 is 0 Å². The average molecular weight is 469 g/mol. The van der Waals surface area contributed by atoms with E-state index in [9.17, 15) is 9.59 Å². The maximum absolute atomic E-state index is 11.0. The van der Waals surface area contributed by atoms with Crippen LogP contribution in [-0.4, -0.2) is 22.2 Å². The largest absolute Gasteiger partial charge is 0.478 e. The van der Waals surface area contributed by atoms with Gasteiger partial charge >= 0.3 is 11.9 Å². The SMILES string of the molecule is CCC(c1ccc(Oc2ccc(C(=O)O)cc2)cc1)c1ccc(Oc2ccc(C(=O)O)cc2)cc1. The molecule has 0 aromatic heterocycles. The Morgan fingerprint density at radius 2 is 0.857 bits per heavy atom. The Bertz CT molecular complexity index is 1190. The standard InChI is InChI=1S/C29H24O6/c1-2-27(19-3-11-23(12-4-19)34-25-15-7-21(8-16-25)28(30)31)20-5-13-24(14-6-20)35-26-17-9-22(10-18-26)29(32)33/h3-18,27H,2H2,1H3,(H,30,31)(H,32,33). The number of carbonyl (C=O) groups is 2. The number of carboxylic acid groups (broad SMARTS) is 2. The van der Waals surface area contributed by atoms with Crippen LogP contribution in [0.15, 0.2) is 97.1 Å². The molecule has 0 saturated carbocycles. The molecule has 4 aromatic carbocycles. The zero-order chi connectivity index (χ0) is 24.8. The van der Waals surface area contributed by atoms with Crippen LogP contribution in [-0.2, 0) is 0 Å². The van der Waals surface area contributed by atoms with E-state index in [1.54, 1.807) is 24.3 Å². The monoisotopic (exact) mass is 468 g/mol. The van der Waals surface area contributed by atoms with Gasteiger partial charge in [-0.15, -0.1) is 0 Å². The van der Waals surface area contributed by atoms with Crippen molar-refractivity contribution in [1.82, 2.24) is 0 Å². The minimum absolute atomic E-state index is 0.197. The third-order valence-electron chi connectivity index (χ3n) is 5.65. The molecule has 6 nitrogen and oxygen atoms in total. The zero-order valence-electron chi connectivity index (χ0n) is 19.0. The van der Waals surface area contributed by atoms with Crippen molar-refractivity contribution in [2.75, 3.05) is 0 Å². The van der Waals surface area contributed by atoms with Gasteiger partial charge < -0.3 is 19.7 Å². The average Bonchev–Trinajstić information content (AvgIpc) is 2.87. The highest BCUT2D eigenvalue weighted by Crippen LogP contribution is 2.32. The normalized spacial score (nSPS) is 10.7. The first kappa shape index (κ1) is 23.6. The first-order valence-corrected chi connectivity index (χ1v) is 11.2. The molecule has 2 N–H and O–H groups in total. The lowest BCUT2D eigenvalue weighted by Gasteiger charge is -2.17. The van der Waals surface area contributed by atoms with Crippen molar-refractivity contribution >= 4 is 11.9 Å². The van der Waals surface area contributed by atoms with E-state index in [0.29, 0.717) is 23.0 Å². The molecule has 0 atom stereocenters. The fourth-order valence-electron chi connectivity index (χ4n) is 3.80. The summed E-state index contributed by atoms with van der Waals surface area (Å²) in [5.41, 5.74) is 2.73. The van der Waals surface area contributed by atoms with Gasteiger partial charge in [0.2, 0.25) is 0 Å². The highest BCUT2D eigenvalue weighted by molar-refractivity contribution is 5.88. The van der Waals surface area contributed by atoms with Gasteiger partial charge in [-0.25, -0.2) is 9.59 Å². The van der Waals surface area contributed by atoms with Gasteiger partial charge in [0.1, 0.15) is 23.0 Å². The van der Waals surface area contributed by atoms with Crippen molar-refractivity contribution < 1.29 is 29.3 Å². The molecule has 0 aliphatic carbocycles. The van der Waals surface area contributed by atoms with Gasteiger partial charge in [-0.3, -0.25) is 0 Å². The predicted molar refractivity (Wildman–Crippen MR) is 132 cm³/mol. The maximum atomic E-state index is 11.0. The first-order chi connectivity index (χ1) is 16.9. The fourth-order valence-corrected chi connectivity index (χ4v) is 3.80. The van der Waals surface area contributed by atoms with Crippen LogP contribution in [0.4, 0.5) is 0 Å². The summed E-state index contributed by atoms with van der Waals surface area (Å²) in [6, 6.07) is 28.3. The van der Waals surface area contributed by atoms with E-state index in [1.807, 2.05) is 48.5 Å². The molecule has 0 fully saturated rings. The van der Waals surface area contributed by atoms with E-state index in [1.165, 1.54) is 24.3 Å². The van der Waals surface area contributed by atoms with Gasteiger partial charge in [0, 0.05) is 5.92 Å². The van der Waals surface area contributed by atoms with Crippen molar-refractivity contribution in [3.63, 3.8) is 0 Å². The lowest BCUT2D eigenvalue weighted by molar-refractivity contribution is 0.0686. The van der Waals surface area contributed by atoms with Gasteiger partial charge in [-0.2, -0.15) is 0 Å². The Labute approximate surface area is 203 Å². The minimum Gasteiger partial charge on any atom is -0.478 e. The van der Waals surface area contributed by atoms with Gasteiger partial charge in [0.15, 0.2) is 0 Å². The van der Waals surface area contributed by atoms with Crippen molar-refractivity contribution in [1.29, 1.82) is 0 Å². The Morgan fingerprint density at radius 1 is 0.571 bits per heavy atom. The molecule has 0 heterocycles. The van der Waals surface area contributed by atoms with Crippen LogP contribution in [0.5, 0.6) is 23.0 Å². The number of hydrogen-bond acceptors (Lipinski definition) is 4. The summed E-state index contributed by atoms with van der Waals surface area (Å²) in [5, 5.41) is 18.0. The number of carboxylic acids is 2. The summed E-state index contributed by atoms with van der Waals surface area (Å²) >= 11 is 0. The molecule has 176 valence electrons. The number of ether oxygens (including phenoxy) is 2. The molecule has 0 radical (unpaired) electrons. The highest BCUT2D eigenvalue weighted by Gasteiger charge is 2.13. The molecule has 0 unspecified atom stereocenters. The van der Waals surface area contributed by atoms with Gasteiger partial charge in [0.25, 0.3) is 0 Å². The Balaban J connectivity index is 1.42. The van der Waals surface area contributed by atoms with Crippen molar-refractivity contribution in [2.24, 2.45) is 0 Å². The second-order valence-electron chi connectivity index (χ2n) is 7.96. The second kappa shape index (κ2) is 10.6. The van der Waals surface area contributed by atoms with Crippen LogP contribution < -0.4 is 9.47 Å². The number of hydrogen-bond donors (Lipinski definition) is 2. The Morgan fingerprint density at radius 3 is 1.11 bits per heavy atom. The summed E-state index contributed by atoms with van der Waals surface area (Å²) in [6.45, 7) is 2.13. The third kappa shape index (κ3) is 5.86. The van der Waals surface area contributed by atoms with Crippen LogP contribution >= 0.6 is 0 Å². The second-order valence-corrected chi connectivity index (χ2v) is 7.96. The van der Waals surface area contributed by atoms with E-state index < -0.39 is 11.9 Å². The molecule has 0 spiro atoms. The van der Waals surface area contributed by atoms with Gasteiger partial charge in [-0.05, 0) is 90.3 Å². The molecule has 0 aliphatic rings. The van der Waals surface area contributed by atoms with Gasteiger partial charge in [0.05, 0.1) is 11.1 Å². The summed E-state index contributed by atoms with van der Waals surface area (Å²) in [6.07, 6.45) is 0.910. The molecule has 4 rings (SSSR count). The van der Waals surface area contributed by atoms with Crippen LogP contribution in [0.2, 0.25) is 0 Å². The third-order valence-corrected chi connectivity index (χ3v) is 5.65. The van der Waals surface area contributed by atoms with Crippen molar-refractivity contribution in [3.8, 4) is 23.0 Å². The van der Waals surface area contributed by atoms with Crippen LogP contribution in [0.25, 0.3) is 0 Å². The molecule has 4 aromatic rings. The lowest BCUT2D eigenvalue weighted by Crippen LogP contribution is -2.00. The number of rotatable bonds is 9.